The molecule has 1 fully saturated rings. The van der Waals surface area contributed by atoms with Crippen molar-refractivity contribution in [3.05, 3.63) is 78.4 Å². The Balaban J connectivity index is 1.67. The van der Waals surface area contributed by atoms with Gasteiger partial charge >= 0.3 is 0 Å². The fourth-order valence-corrected chi connectivity index (χ4v) is 4.05. The number of ether oxygens (including phenoxy) is 1. The maximum absolute atomic E-state index is 11.8. The number of methoxy groups -OCH3 is 1. The van der Waals surface area contributed by atoms with E-state index in [1.165, 1.54) is 7.11 Å². The van der Waals surface area contributed by atoms with Crippen LogP contribution in [0, 0.1) is 0 Å². The summed E-state index contributed by atoms with van der Waals surface area (Å²) in [5.41, 5.74) is 3.71. The minimum Gasteiger partial charge on any atom is -0.375 e. The van der Waals surface area contributed by atoms with Gasteiger partial charge in [-0.25, -0.2) is 0 Å². The number of rotatable bonds is 6. The molecule has 4 rings (SSSR count). The number of aryl methyl sites for hydroxylation is 1. The van der Waals surface area contributed by atoms with E-state index in [0.717, 1.165) is 16.9 Å². The Kier molecular flexibility index (Phi) is 5.78. The Morgan fingerprint density at radius 1 is 1.23 bits per heavy atom. The Bertz CT molecular complexity index is 1040. The number of benzene rings is 1. The zero-order chi connectivity index (χ0) is 21.1. The van der Waals surface area contributed by atoms with Gasteiger partial charge in [0.15, 0.2) is 5.11 Å². The highest BCUT2D eigenvalue weighted by molar-refractivity contribution is 7.80. The molecule has 2 aromatic heterocycles. The summed E-state index contributed by atoms with van der Waals surface area (Å²) in [5.74, 6) is -0.194. The molecule has 8 heteroatoms. The molecule has 0 bridgehead atoms. The lowest BCUT2D eigenvalue weighted by molar-refractivity contribution is -0.119. The lowest BCUT2D eigenvalue weighted by Gasteiger charge is -2.27. The molecule has 1 aromatic carbocycles. The summed E-state index contributed by atoms with van der Waals surface area (Å²) in [6.45, 7) is 0.0176. The Labute approximate surface area is 180 Å². The Morgan fingerprint density at radius 3 is 2.67 bits per heavy atom. The molecule has 0 spiro atoms. The van der Waals surface area contributed by atoms with Crippen LogP contribution in [-0.2, 0) is 16.6 Å². The number of amides is 1. The first-order valence-electron chi connectivity index (χ1n) is 9.58. The number of hydrogen-bond acceptors (Lipinski definition) is 4. The fraction of sp³-hybridized carbons (Fsp3) is 0.227. The molecule has 0 aliphatic carbocycles. The third-order valence-corrected chi connectivity index (χ3v) is 5.31. The van der Waals surface area contributed by atoms with Gasteiger partial charge in [-0.1, -0.05) is 6.07 Å². The number of pyridine rings is 1. The van der Waals surface area contributed by atoms with Gasteiger partial charge in [-0.2, -0.15) is 0 Å². The average molecular weight is 422 g/mol. The molecule has 7 nitrogen and oxygen atoms in total. The number of nitrogens with zero attached hydrogens (tertiary/aromatic N) is 3. The van der Waals surface area contributed by atoms with E-state index in [9.17, 15) is 4.79 Å². The molecule has 1 amide bonds. The molecule has 0 unspecified atom stereocenters. The highest BCUT2D eigenvalue weighted by atomic mass is 32.1. The van der Waals surface area contributed by atoms with E-state index in [1.54, 1.807) is 6.20 Å². The summed E-state index contributed by atoms with van der Waals surface area (Å²) in [6, 6.07) is 15.5. The molecule has 1 aliphatic heterocycles. The molecular formula is C22H23N5O2S. The summed E-state index contributed by atoms with van der Waals surface area (Å²) in [7, 11) is 3.49. The van der Waals surface area contributed by atoms with Gasteiger partial charge in [0, 0.05) is 44.1 Å². The maximum Gasteiger partial charge on any atom is 0.250 e. The first-order chi connectivity index (χ1) is 14.6. The molecule has 0 radical (unpaired) electrons. The van der Waals surface area contributed by atoms with Crippen LogP contribution in [0.5, 0.6) is 0 Å². The van der Waals surface area contributed by atoms with Crippen LogP contribution in [0.1, 0.15) is 23.3 Å². The van der Waals surface area contributed by atoms with Crippen molar-refractivity contribution < 1.29 is 9.53 Å². The molecule has 2 atom stereocenters. The second kappa shape index (κ2) is 8.64. The zero-order valence-electron chi connectivity index (χ0n) is 16.8. The van der Waals surface area contributed by atoms with Crippen molar-refractivity contribution >= 4 is 34.6 Å². The number of thiocarbonyl (C=S) groups is 1. The molecule has 3 aromatic rings. The third kappa shape index (κ3) is 4.05. The van der Waals surface area contributed by atoms with Crippen molar-refractivity contribution in [2.75, 3.05) is 23.9 Å². The number of anilines is 2. The van der Waals surface area contributed by atoms with Crippen LogP contribution in [0.2, 0.25) is 0 Å². The van der Waals surface area contributed by atoms with E-state index >= 15 is 0 Å². The lowest BCUT2D eigenvalue weighted by Crippen LogP contribution is -2.29. The topological polar surface area (TPSA) is 71.4 Å². The van der Waals surface area contributed by atoms with E-state index in [4.69, 9.17) is 17.0 Å². The largest absolute Gasteiger partial charge is 0.375 e. The number of nitrogens with one attached hydrogen (secondary N) is 2. The summed E-state index contributed by atoms with van der Waals surface area (Å²) in [6.07, 6.45) is 5.92. The molecule has 2 N–H and O–H groups in total. The SMILES string of the molecule is COCC(=O)Nc1ccc(N2C(=S)N[C@@H](c3ccccn3)[C@H]2c2ccn(C)c2)cc1. The average Bonchev–Trinajstić information content (AvgIpc) is 3.32. The highest BCUT2D eigenvalue weighted by Crippen LogP contribution is 2.41. The molecule has 30 heavy (non-hydrogen) atoms. The van der Waals surface area contributed by atoms with Crippen molar-refractivity contribution in [3.63, 3.8) is 0 Å². The zero-order valence-corrected chi connectivity index (χ0v) is 17.6. The van der Waals surface area contributed by atoms with Gasteiger partial charge in [-0.05, 0) is 60.2 Å². The summed E-state index contributed by atoms with van der Waals surface area (Å²) in [4.78, 5) is 18.4. The standard InChI is InChI=1S/C22H23N5O2S/c1-26-12-10-15(13-26)21-20(18-5-3-4-11-23-18)25-22(30)27(21)17-8-6-16(7-9-17)24-19(28)14-29-2/h3-13,20-21H,14H2,1-2H3,(H,24,28)(H,25,30)/t20-,21+/m0/s1. The van der Waals surface area contributed by atoms with Crippen LogP contribution in [0.4, 0.5) is 11.4 Å². The van der Waals surface area contributed by atoms with Crippen molar-refractivity contribution in [1.29, 1.82) is 0 Å². The van der Waals surface area contributed by atoms with E-state index in [2.05, 4.69) is 32.8 Å². The van der Waals surface area contributed by atoms with Crippen molar-refractivity contribution in [2.24, 2.45) is 7.05 Å². The lowest BCUT2D eigenvalue weighted by atomic mass is 9.98. The second-order valence-electron chi connectivity index (χ2n) is 7.13. The minimum absolute atomic E-state index is 0.0176. The van der Waals surface area contributed by atoms with E-state index < -0.39 is 0 Å². The van der Waals surface area contributed by atoms with Crippen LogP contribution in [0.3, 0.4) is 0 Å². The molecule has 1 saturated heterocycles. The first kappa shape index (κ1) is 20.1. The molecule has 0 saturated carbocycles. The predicted molar refractivity (Wildman–Crippen MR) is 120 cm³/mol. The molecular weight excluding hydrogens is 398 g/mol. The monoisotopic (exact) mass is 421 g/mol. The van der Waals surface area contributed by atoms with Gasteiger partial charge in [-0.3, -0.25) is 9.78 Å². The predicted octanol–water partition coefficient (Wildman–Crippen LogP) is 3.18. The maximum atomic E-state index is 11.8. The highest BCUT2D eigenvalue weighted by Gasteiger charge is 2.40. The van der Waals surface area contributed by atoms with Crippen molar-refractivity contribution in [1.82, 2.24) is 14.9 Å². The van der Waals surface area contributed by atoms with Crippen LogP contribution in [0.15, 0.2) is 67.1 Å². The second-order valence-corrected chi connectivity index (χ2v) is 7.52. The van der Waals surface area contributed by atoms with Gasteiger partial charge in [-0.15, -0.1) is 0 Å². The van der Waals surface area contributed by atoms with Crippen LogP contribution < -0.4 is 15.5 Å². The van der Waals surface area contributed by atoms with Gasteiger partial charge in [0.25, 0.3) is 0 Å². The molecule has 154 valence electrons. The summed E-state index contributed by atoms with van der Waals surface area (Å²) < 4.78 is 6.89. The van der Waals surface area contributed by atoms with Gasteiger partial charge in [0.2, 0.25) is 5.91 Å². The fourth-order valence-electron chi connectivity index (χ4n) is 3.71. The normalized spacial score (nSPS) is 18.3. The van der Waals surface area contributed by atoms with Crippen LogP contribution >= 0.6 is 12.2 Å². The van der Waals surface area contributed by atoms with Gasteiger partial charge < -0.3 is 24.8 Å². The van der Waals surface area contributed by atoms with Crippen molar-refractivity contribution in [2.45, 2.75) is 12.1 Å². The number of carbonyl (C=O) groups is 1. The van der Waals surface area contributed by atoms with Crippen LogP contribution in [0.25, 0.3) is 0 Å². The smallest absolute Gasteiger partial charge is 0.250 e. The minimum atomic E-state index is -0.194. The molecule has 1 aliphatic rings. The summed E-state index contributed by atoms with van der Waals surface area (Å²) >= 11 is 5.71. The number of hydrogen-bond donors (Lipinski definition) is 2. The Hall–Kier alpha value is -3.23. The van der Waals surface area contributed by atoms with Gasteiger partial charge in [0.1, 0.15) is 6.61 Å². The molecule has 3 heterocycles. The third-order valence-electron chi connectivity index (χ3n) is 5.00. The Morgan fingerprint density at radius 2 is 2.03 bits per heavy atom. The number of aromatic nitrogens is 2. The van der Waals surface area contributed by atoms with E-state index in [0.29, 0.717) is 10.8 Å². The van der Waals surface area contributed by atoms with E-state index in [1.807, 2.05) is 60.3 Å². The first-order valence-corrected chi connectivity index (χ1v) is 9.99. The number of carbonyl (C=O) groups excluding carboxylic acids is 1. The quantitative estimate of drug-likeness (QED) is 0.596. The van der Waals surface area contributed by atoms with Gasteiger partial charge in [0.05, 0.1) is 17.8 Å². The summed E-state index contributed by atoms with van der Waals surface area (Å²) in [5, 5.41) is 6.88. The van der Waals surface area contributed by atoms with Crippen molar-refractivity contribution in [3.8, 4) is 0 Å². The van der Waals surface area contributed by atoms with E-state index in [-0.39, 0.29) is 24.6 Å². The van der Waals surface area contributed by atoms with Crippen LogP contribution in [-0.4, -0.2) is 34.3 Å².